The van der Waals surface area contributed by atoms with Crippen molar-refractivity contribution in [3.05, 3.63) is 24.0 Å². The molecule has 1 aliphatic rings. The third-order valence-electron chi connectivity index (χ3n) is 2.41. The van der Waals surface area contributed by atoms with Crippen LogP contribution in [0.5, 0.6) is 0 Å². The molecular weight excluding hydrogens is 248 g/mol. The highest BCUT2D eigenvalue weighted by Gasteiger charge is 2.16. The molecule has 104 valence electrons. The normalized spacial score (nSPS) is 16.8. The minimum absolute atomic E-state index is 0.0900. The summed E-state index contributed by atoms with van der Waals surface area (Å²) in [6, 6.07) is 0. The topological polar surface area (TPSA) is 78.7 Å². The van der Waals surface area contributed by atoms with Gasteiger partial charge < -0.3 is 14.8 Å². The highest BCUT2D eigenvalue weighted by molar-refractivity contribution is 5.86. The zero-order valence-corrected chi connectivity index (χ0v) is 11.1. The third kappa shape index (κ3) is 6.61. The standard InChI is InChI=1S/C13H19N2O4/c1-10(2)12(16)18-7-6-15-13(17)19-9-11-4-3-5-14-8-11/h9H,1,3-8H2,2H3,(H,15,17)/q+1. The predicted octanol–water partition coefficient (Wildman–Crippen LogP) is 1.11. The Bertz CT molecular complexity index is 369. The molecule has 0 atom stereocenters. The zero-order chi connectivity index (χ0) is 14.1. The molecule has 6 heteroatoms. The fourth-order valence-corrected chi connectivity index (χ4v) is 1.41. The monoisotopic (exact) mass is 267 g/mol. The van der Waals surface area contributed by atoms with E-state index in [-0.39, 0.29) is 13.2 Å². The molecule has 0 spiro atoms. The highest BCUT2D eigenvalue weighted by Crippen LogP contribution is 2.09. The summed E-state index contributed by atoms with van der Waals surface area (Å²) in [6.07, 6.45) is 2.78. The Hall–Kier alpha value is -1.82. The van der Waals surface area contributed by atoms with Gasteiger partial charge in [0.05, 0.1) is 11.9 Å². The molecule has 0 bridgehead atoms. The van der Waals surface area contributed by atoms with Crippen molar-refractivity contribution in [3.8, 4) is 0 Å². The van der Waals surface area contributed by atoms with Crippen molar-refractivity contribution in [2.45, 2.75) is 19.8 Å². The molecule has 1 rings (SSSR count). The number of ether oxygens (including phenoxy) is 2. The van der Waals surface area contributed by atoms with Crippen LogP contribution >= 0.6 is 0 Å². The molecule has 0 unspecified atom stereocenters. The highest BCUT2D eigenvalue weighted by atomic mass is 16.5. The molecule has 1 heterocycles. The van der Waals surface area contributed by atoms with Gasteiger partial charge in [0, 0.05) is 17.6 Å². The number of nitrogens with zero attached hydrogens (tertiary/aromatic N) is 1. The lowest BCUT2D eigenvalue weighted by atomic mass is 10.1. The summed E-state index contributed by atoms with van der Waals surface area (Å²) in [7, 11) is 0. The zero-order valence-electron chi connectivity index (χ0n) is 11.1. The number of amides is 1. The number of esters is 1. The van der Waals surface area contributed by atoms with Gasteiger partial charge in [-0.05, 0) is 13.3 Å². The molecule has 2 radical (unpaired) electrons. The van der Waals surface area contributed by atoms with Gasteiger partial charge in [0.15, 0.2) is 6.54 Å². The molecule has 1 fully saturated rings. The van der Waals surface area contributed by atoms with Crippen LogP contribution in [-0.4, -0.2) is 38.3 Å². The molecule has 0 saturated carbocycles. The first-order chi connectivity index (χ1) is 9.09. The Morgan fingerprint density at radius 2 is 2.32 bits per heavy atom. The van der Waals surface area contributed by atoms with Crippen LogP contribution < -0.4 is 10.6 Å². The second-order valence-electron chi connectivity index (χ2n) is 4.23. The Morgan fingerprint density at radius 1 is 1.53 bits per heavy atom. The smallest absolute Gasteiger partial charge is 0.412 e. The van der Waals surface area contributed by atoms with Crippen molar-refractivity contribution < 1.29 is 19.1 Å². The SMILES string of the molecule is C=C(C)C(=O)OCCNC(=O)OC=C1CCC[N+]C1. The largest absolute Gasteiger partial charge is 0.460 e. The van der Waals surface area contributed by atoms with Crippen LogP contribution in [-0.2, 0) is 14.3 Å². The molecule has 0 aromatic heterocycles. The first-order valence-electron chi connectivity index (χ1n) is 6.18. The quantitative estimate of drug-likeness (QED) is 0.350. The van der Waals surface area contributed by atoms with E-state index in [1.54, 1.807) is 6.92 Å². The van der Waals surface area contributed by atoms with Gasteiger partial charge >= 0.3 is 12.1 Å². The molecule has 1 saturated heterocycles. The van der Waals surface area contributed by atoms with Gasteiger partial charge in [-0.3, -0.25) is 0 Å². The number of alkyl carbamates (subject to hydrolysis) is 1. The second-order valence-corrected chi connectivity index (χ2v) is 4.23. The number of nitrogens with one attached hydrogen (secondary N) is 1. The van der Waals surface area contributed by atoms with Gasteiger partial charge in [0.2, 0.25) is 6.54 Å². The van der Waals surface area contributed by atoms with E-state index in [9.17, 15) is 9.59 Å². The Balaban J connectivity index is 2.11. The van der Waals surface area contributed by atoms with Crippen molar-refractivity contribution >= 4 is 12.1 Å². The Labute approximate surface area is 112 Å². The van der Waals surface area contributed by atoms with Gasteiger partial charge in [0.1, 0.15) is 12.9 Å². The lowest BCUT2D eigenvalue weighted by Crippen LogP contribution is -2.28. The molecule has 0 aromatic carbocycles. The van der Waals surface area contributed by atoms with E-state index in [1.165, 1.54) is 6.26 Å². The number of hydrogen-bond donors (Lipinski definition) is 1. The van der Waals surface area contributed by atoms with Crippen molar-refractivity contribution in [1.82, 2.24) is 10.6 Å². The van der Waals surface area contributed by atoms with Crippen molar-refractivity contribution in [2.24, 2.45) is 0 Å². The molecule has 0 aliphatic carbocycles. The average molecular weight is 267 g/mol. The van der Waals surface area contributed by atoms with E-state index in [0.717, 1.165) is 25.0 Å². The number of hydrogen-bond acceptors (Lipinski definition) is 4. The fraction of sp³-hybridized carbons (Fsp3) is 0.538. The molecular formula is C13H19N2O4+. The molecule has 1 aliphatic heterocycles. The lowest BCUT2D eigenvalue weighted by molar-refractivity contribution is -0.138. The van der Waals surface area contributed by atoms with Crippen molar-refractivity contribution in [1.29, 1.82) is 0 Å². The second kappa shape index (κ2) is 8.31. The van der Waals surface area contributed by atoms with E-state index < -0.39 is 12.1 Å². The van der Waals surface area contributed by atoms with Crippen LogP contribution in [0.4, 0.5) is 4.79 Å². The van der Waals surface area contributed by atoms with Gasteiger partial charge in [-0.2, -0.15) is 0 Å². The van der Waals surface area contributed by atoms with Crippen LogP contribution in [0.2, 0.25) is 0 Å². The van der Waals surface area contributed by atoms with E-state index in [0.29, 0.717) is 12.1 Å². The minimum Gasteiger partial charge on any atom is -0.460 e. The van der Waals surface area contributed by atoms with E-state index in [1.807, 2.05) is 0 Å². The minimum atomic E-state index is -0.565. The summed E-state index contributed by atoms with van der Waals surface area (Å²) in [5.41, 5.74) is 1.34. The summed E-state index contributed by atoms with van der Waals surface area (Å²) < 4.78 is 9.72. The Morgan fingerprint density at radius 3 is 2.95 bits per heavy atom. The number of rotatable bonds is 5. The Kier molecular flexibility index (Phi) is 6.67. The summed E-state index contributed by atoms with van der Waals surface area (Å²) in [5.74, 6) is -0.471. The van der Waals surface area contributed by atoms with E-state index in [2.05, 4.69) is 17.2 Å². The predicted molar refractivity (Wildman–Crippen MR) is 69.4 cm³/mol. The fourth-order valence-electron chi connectivity index (χ4n) is 1.41. The van der Waals surface area contributed by atoms with Crippen LogP contribution in [0.1, 0.15) is 19.8 Å². The van der Waals surface area contributed by atoms with Gasteiger partial charge in [-0.25, -0.2) is 9.59 Å². The number of carbonyl (C=O) groups is 2. The lowest BCUT2D eigenvalue weighted by Gasteiger charge is -2.07. The summed E-state index contributed by atoms with van der Waals surface area (Å²) in [4.78, 5) is 22.3. The molecule has 1 N–H and O–H groups in total. The number of piperidine rings is 1. The molecule has 1 amide bonds. The maximum absolute atomic E-state index is 11.3. The van der Waals surface area contributed by atoms with Crippen LogP contribution in [0.3, 0.4) is 0 Å². The summed E-state index contributed by atoms with van der Waals surface area (Å²) in [6.45, 7) is 6.80. The van der Waals surface area contributed by atoms with Gasteiger partial charge in [0.25, 0.3) is 0 Å². The molecule has 6 nitrogen and oxygen atoms in total. The molecule has 19 heavy (non-hydrogen) atoms. The van der Waals surface area contributed by atoms with Crippen molar-refractivity contribution in [3.63, 3.8) is 0 Å². The van der Waals surface area contributed by atoms with Crippen LogP contribution in [0, 0.1) is 0 Å². The van der Waals surface area contributed by atoms with Gasteiger partial charge in [-0.15, -0.1) is 0 Å². The summed E-state index contributed by atoms with van der Waals surface area (Å²) >= 11 is 0. The van der Waals surface area contributed by atoms with E-state index in [4.69, 9.17) is 9.47 Å². The summed E-state index contributed by atoms with van der Waals surface area (Å²) in [5, 5.41) is 6.68. The number of carbonyl (C=O) groups excluding carboxylic acids is 2. The van der Waals surface area contributed by atoms with Crippen molar-refractivity contribution in [2.75, 3.05) is 26.2 Å². The first kappa shape index (κ1) is 15.2. The maximum Gasteiger partial charge on any atom is 0.412 e. The average Bonchev–Trinajstić information content (AvgIpc) is 2.42. The van der Waals surface area contributed by atoms with Crippen LogP contribution in [0.25, 0.3) is 0 Å². The van der Waals surface area contributed by atoms with Gasteiger partial charge in [-0.1, -0.05) is 6.58 Å². The third-order valence-corrected chi connectivity index (χ3v) is 2.41. The first-order valence-corrected chi connectivity index (χ1v) is 6.18. The van der Waals surface area contributed by atoms with Crippen LogP contribution in [0.15, 0.2) is 24.0 Å². The molecule has 0 aromatic rings. The maximum atomic E-state index is 11.3. The van der Waals surface area contributed by atoms with E-state index >= 15 is 0 Å².